The normalized spacial score (nSPS) is 26.9. The van der Waals surface area contributed by atoms with Crippen LogP contribution in [0.4, 0.5) is 0 Å². The molecule has 1 spiro atoms. The van der Waals surface area contributed by atoms with E-state index in [4.69, 9.17) is 18.9 Å². The van der Waals surface area contributed by atoms with Crippen molar-refractivity contribution < 1.29 is 38.4 Å². The van der Waals surface area contributed by atoms with Crippen molar-refractivity contribution in [3.05, 3.63) is 124 Å². The van der Waals surface area contributed by atoms with Crippen molar-refractivity contribution in [3.8, 4) is 0 Å². The molecule has 276 valence electrons. The topological polar surface area (TPSA) is 127 Å². The van der Waals surface area contributed by atoms with Gasteiger partial charge in [0.25, 0.3) is 0 Å². The number of benzene rings is 3. The molecule has 10 heteroatoms. The summed E-state index contributed by atoms with van der Waals surface area (Å²) in [5.74, 6) is -1.81. The fourth-order valence-electron chi connectivity index (χ4n) is 8.44. The number of amides is 2. The molecule has 2 amide bonds. The monoisotopic (exact) mass is 718 g/mol. The summed E-state index contributed by atoms with van der Waals surface area (Å²) in [4.78, 5) is 43.3. The van der Waals surface area contributed by atoms with Gasteiger partial charge in [-0.1, -0.05) is 84.9 Å². The molecular formula is C43H46N2O8. The number of nitrogens with zero attached hydrogens (tertiary/aromatic N) is 1. The van der Waals surface area contributed by atoms with Gasteiger partial charge in [0.05, 0.1) is 24.4 Å². The first-order valence-electron chi connectivity index (χ1n) is 18.8. The Labute approximate surface area is 309 Å². The standard InChI is InChI=1S/C43H46N2O8/c1-45(34(40(47)44-19-20-46)21-27-9-3-2-4-10-27)41(48)32-23-37(39-38(24-32)52-43(53-39)25-30-12-5-6-13-31(30)26-43)51-42(49)33-14-8-7-11-29(33)17-15-28-16-18-35-36(22-28)50-35/h2-15,17,24,28,34-39,46H,16,18-23,25-26H2,1H3,(H,44,47). The maximum atomic E-state index is 14.4. The van der Waals surface area contributed by atoms with Gasteiger partial charge in [-0.15, -0.1) is 0 Å². The highest BCUT2D eigenvalue weighted by Crippen LogP contribution is 2.45. The molecule has 3 aliphatic carbocycles. The largest absolute Gasteiger partial charge is 0.456 e. The van der Waals surface area contributed by atoms with Crippen molar-refractivity contribution in [2.75, 3.05) is 20.2 Å². The van der Waals surface area contributed by atoms with Gasteiger partial charge in [0.2, 0.25) is 11.8 Å². The maximum absolute atomic E-state index is 14.4. The number of aliphatic hydroxyl groups is 1. The average molecular weight is 719 g/mol. The number of esters is 1. The van der Waals surface area contributed by atoms with Crippen LogP contribution in [0.25, 0.3) is 6.08 Å². The van der Waals surface area contributed by atoms with E-state index in [0.717, 1.165) is 41.5 Å². The Balaban J connectivity index is 1.05. The van der Waals surface area contributed by atoms with Crippen LogP contribution in [0.1, 0.15) is 58.3 Å². The Bertz CT molecular complexity index is 1880. The smallest absolute Gasteiger partial charge is 0.339 e. The van der Waals surface area contributed by atoms with Gasteiger partial charge in [0.1, 0.15) is 24.4 Å². The Hall–Kier alpha value is -4.61. The molecule has 2 saturated heterocycles. The lowest BCUT2D eigenvalue weighted by Gasteiger charge is -2.33. The van der Waals surface area contributed by atoms with E-state index in [1.54, 1.807) is 19.2 Å². The highest BCUT2D eigenvalue weighted by Gasteiger charge is 2.55. The molecule has 0 aromatic heterocycles. The number of carbonyl (C=O) groups is 3. The minimum Gasteiger partial charge on any atom is -0.456 e. The van der Waals surface area contributed by atoms with Crippen LogP contribution >= 0.6 is 0 Å². The molecule has 2 N–H and O–H groups in total. The quantitative estimate of drug-likeness (QED) is 0.218. The number of epoxide rings is 1. The number of hydrogen-bond acceptors (Lipinski definition) is 8. The van der Waals surface area contributed by atoms with E-state index in [2.05, 4.69) is 23.5 Å². The fraction of sp³-hybridized carbons (Fsp3) is 0.419. The van der Waals surface area contributed by atoms with E-state index in [1.165, 1.54) is 4.90 Å². The summed E-state index contributed by atoms with van der Waals surface area (Å²) >= 11 is 0. The second-order valence-electron chi connectivity index (χ2n) is 14.9. The van der Waals surface area contributed by atoms with E-state index in [0.29, 0.717) is 42.1 Å². The maximum Gasteiger partial charge on any atom is 0.339 e. The molecule has 3 fully saturated rings. The number of fused-ring (bicyclic) bond motifs is 3. The lowest BCUT2D eigenvalue weighted by Crippen LogP contribution is -2.51. The van der Waals surface area contributed by atoms with Gasteiger partial charge in [-0.05, 0) is 59.6 Å². The Morgan fingerprint density at radius 3 is 2.45 bits per heavy atom. The molecule has 3 aromatic carbocycles. The summed E-state index contributed by atoms with van der Waals surface area (Å²) in [7, 11) is 1.61. The zero-order chi connectivity index (χ0) is 36.5. The van der Waals surface area contributed by atoms with Gasteiger partial charge >= 0.3 is 5.97 Å². The molecule has 8 rings (SSSR count). The van der Waals surface area contributed by atoms with E-state index in [9.17, 15) is 19.5 Å². The van der Waals surface area contributed by atoms with Gasteiger partial charge in [-0.25, -0.2) is 4.79 Å². The molecule has 2 aliphatic heterocycles. The summed E-state index contributed by atoms with van der Waals surface area (Å²) < 4.78 is 25.5. The van der Waals surface area contributed by atoms with E-state index >= 15 is 0 Å². The molecule has 3 aromatic rings. The van der Waals surface area contributed by atoms with Crippen molar-refractivity contribution in [1.29, 1.82) is 0 Å². The fourth-order valence-corrected chi connectivity index (χ4v) is 8.44. The minimum atomic E-state index is -0.949. The van der Waals surface area contributed by atoms with E-state index in [1.807, 2.05) is 66.7 Å². The summed E-state index contributed by atoms with van der Waals surface area (Å²) in [5, 5.41) is 12.1. The highest BCUT2D eigenvalue weighted by atomic mass is 16.8. The average Bonchev–Trinajstić information content (AvgIpc) is 3.74. The van der Waals surface area contributed by atoms with Crippen LogP contribution in [0.15, 0.2) is 96.6 Å². The van der Waals surface area contributed by atoms with Crippen molar-refractivity contribution in [2.24, 2.45) is 5.92 Å². The molecule has 7 unspecified atom stereocenters. The number of rotatable bonds is 11. The van der Waals surface area contributed by atoms with Crippen LogP contribution in [-0.2, 0) is 47.8 Å². The lowest BCUT2D eigenvalue weighted by molar-refractivity contribution is -0.172. The molecule has 53 heavy (non-hydrogen) atoms. The van der Waals surface area contributed by atoms with Gasteiger partial charge in [-0.2, -0.15) is 0 Å². The molecule has 1 saturated carbocycles. The number of allylic oxidation sites excluding steroid dienone is 1. The Morgan fingerprint density at radius 2 is 1.70 bits per heavy atom. The van der Waals surface area contributed by atoms with Crippen LogP contribution < -0.4 is 5.32 Å². The second-order valence-corrected chi connectivity index (χ2v) is 14.9. The van der Waals surface area contributed by atoms with Gasteiger partial charge in [0.15, 0.2) is 5.79 Å². The summed E-state index contributed by atoms with van der Waals surface area (Å²) in [5.41, 5.74) is 4.74. The number of ether oxygens (including phenoxy) is 4. The number of nitrogens with one attached hydrogen (secondary N) is 1. The molecule has 10 nitrogen and oxygen atoms in total. The minimum absolute atomic E-state index is 0.0685. The molecule has 0 bridgehead atoms. The zero-order valence-corrected chi connectivity index (χ0v) is 29.9. The van der Waals surface area contributed by atoms with Crippen LogP contribution in [0.2, 0.25) is 0 Å². The number of hydrogen-bond donors (Lipinski definition) is 2. The number of carbonyl (C=O) groups excluding carboxylic acids is 3. The predicted molar refractivity (Wildman–Crippen MR) is 197 cm³/mol. The molecule has 7 atom stereocenters. The summed E-state index contributed by atoms with van der Waals surface area (Å²) in [6.45, 7) is -0.153. The first kappa shape index (κ1) is 35.4. The third kappa shape index (κ3) is 7.59. The van der Waals surface area contributed by atoms with Crippen LogP contribution in [0, 0.1) is 5.92 Å². The summed E-state index contributed by atoms with van der Waals surface area (Å²) in [6.07, 6.45) is 9.17. The lowest BCUT2D eigenvalue weighted by atomic mass is 9.88. The second kappa shape index (κ2) is 15.0. The zero-order valence-electron chi connectivity index (χ0n) is 29.9. The van der Waals surface area contributed by atoms with Gasteiger partial charge < -0.3 is 34.3 Å². The van der Waals surface area contributed by atoms with Crippen molar-refractivity contribution in [1.82, 2.24) is 10.2 Å². The Kier molecular flexibility index (Phi) is 10.0. The third-order valence-corrected chi connectivity index (χ3v) is 11.3. The summed E-state index contributed by atoms with van der Waals surface area (Å²) in [6, 6.07) is 24.2. The van der Waals surface area contributed by atoms with Gasteiger partial charge in [0, 0.05) is 44.8 Å². The van der Waals surface area contributed by atoms with Gasteiger partial charge in [-0.3, -0.25) is 9.59 Å². The van der Waals surface area contributed by atoms with E-state index in [-0.39, 0.29) is 37.8 Å². The Morgan fingerprint density at radius 1 is 0.962 bits per heavy atom. The molecule has 5 aliphatic rings. The molecule has 2 heterocycles. The number of aliphatic hydroxyl groups excluding tert-OH is 1. The SMILES string of the molecule is CN(C(=O)C1=CC2OC3(Cc4ccccc4C3)OC2C(OC(=O)c2ccccc2C=CC2CCC3OC3C2)C1)C(Cc1ccccc1)C(=O)NCCO. The van der Waals surface area contributed by atoms with Crippen LogP contribution in [0.3, 0.4) is 0 Å². The molecular weight excluding hydrogens is 672 g/mol. The first-order chi connectivity index (χ1) is 25.8. The third-order valence-electron chi connectivity index (χ3n) is 11.3. The number of likely N-dealkylation sites (N-methyl/N-ethyl adjacent to an activating group) is 1. The van der Waals surface area contributed by atoms with Crippen LogP contribution in [0.5, 0.6) is 0 Å². The predicted octanol–water partition coefficient (Wildman–Crippen LogP) is 4.58. The van der Waals surface area contributed by atoms with E-state index < -0.39 is 36.1 Å². The first-order valence-corrected chi connectivity index (χ1v) is 18.8. The van der Waals surface area contributed by atoms with Crippen molar-refractivity contribution >= 4 is 23.9 Å². The van der Waals surface area contributed by atoms with Crippen molar-refractivity contribution in [3.63, 3.8) is 0 Å². The van der Waals surface area contributed by atoms with Crippen LogP contribution in [-0.4, -0.2) is 90.3 Å². The molecule has 0 radical (unpaired) electrons. The van der Waals surface area contributed by atoms with Crippen molar-refractivity contribution in [2.45, 2.75) is 87.3 Å². The highest BCUT2D eigenvalue weighted by molar-refractivity contribution is 5.98.